The molecule has 1 aliphatic carbocycles. The van der Waals surface area contributed by atoms with Gasteiger partial charge in [0.05, 0.1) is 17.4 Å². The summed E-state index contributed by atoms with van der Waals surface area (Å²) in [5, 5.41) is 11.1. The van der Waals surface area contributed by atoms with E-state index in [0.29, 0.717) is 17.4 Å². The first kappa shape index (κ1) is 20.1. The second-order valence-electron chi connectivity index (χ2n) is 7.34. The molecule has 1 aromatic rings. The molecular weight excluding hydrogens is 379 g/mol. The van der Waals surface area contributed by atoms with Crippen molar-refractivity contribution in [3.8, 4) is 0 Å². The van der Waals surface area contributed by atoms with Crippen LogP contribution in [0.4, 0.5) is 18.9 Å². The number of hydrogen-bond donors (Lipinski definition) is 0. The van der Waals surface area contributed by atoms with Crippen molar-refractivity contribution >= 4 is 17.5 Å². The lowest BCUT2D eigenvalue weighted by Crippen LogP contribution is -2.42. The number of carbonyl (C=O) groups is 2. The third-order valence-electron chi connectivity index (χ3n) is 4.97. The molecule has 2 aliphatic rings. The highest BCUT2D eigenvalue weighted by molar-refractivity contribution is 5.89. The summed E-state index contributed by atoms with van der Waals surface area (Å²) in [5.74, 6) is -1.49. The highest BCUT2D eigenvalue weighted by Crippen LogP contribution is 2.33. The Morgan fingerprint density at radius 2 is 1.96 bits per heavy atom. The molecule has 1 aliphatic heterocycles. The second-order valence-corrected chi connectivity index (χ2v) is 7.34. The molecule has 3 rings (SSSR count). The van der Waals surface area contributed by atoms with E-state index in [1.165, 1.54) is 29.2 Å². The van der Waals surface area contributed by atoms with Crippen molar-refractivity contribution in [2.24, 2.45) is 11.8 Å². The molecule has 0 radical (unpaired) electrons. The summed E-state index contributed by atoms with van der Waals surface area (Å²) < 4.78 is 39.1. The molecule has 1 atom stereocenters. The van der Waals surface area contributed by atoms with Crippen LogP contribution < -0.4 is 0 Å². The minimum Gasteiger partial charge on any atom is -0.342 e. The highest BCUT2D eigenvalue weighted by Gasteiger charge is 2.41. The van der Waals surface area contributed by atoms with Gasteiger partial charge in [0, 0.05) is 31.1 Å². The maximum atomic E-state index is 13.0. The van der Waals surface area contributed by atoms with Crippen LogP contribution in [0.1, 0.15) is 24.8 Å². The first-order valence-electron chi connectivity index (χ1n) is 8.99. The van der Waals surface area contributed by atoms with E-state index in [1.807, 2.05) is 0 Å². The molecule has 2 fully saturated rings. The lowest BCUT2D eigenvalue weighted by molar-refractivity contribution is -0.385. The number of benzene rings is 1. The van der Waals surface area contributed by atoms with E-state index < -0.39 is 36.0 Å². The zero-order valence-corrected chi connectivity index (χ0v) is 15.0. The van der Waals surface area contributed by atoms with Gasteiger partial charge in [-0.25, -0.2) is 0 Å². The van der Waals surface area contributed by atoms with Crippen molar-refractivity contribution in [3.63, 3.8) is 0 Å². The van der Waals surface area contributed by atoms with Crippen molar-refractivity contribution in [2.45, 2.75) is 32.0 Å². The molecule has 152 valence electrons. The molecule has 1 saturated heterocycles. The minimum atomic E-state index is -4.66. The van der Waals surface area contributed by atoms with Crippen LogP contribution in [0.25, 0.3) is 0 Å². The van der Waals surface area contributed by atoms with E-state index >= 15 is 0 Å². The number of nitro benzene ring substituents is 1. The fourth-order valence-corrected chi connectivity index (χ4v) is 3.44. The Hall–Kier alpha value is -2.65. The molecule has 1 aromatic carbocycles. The van der Waals surface area contributed by atoms with Crippen molar-refractivity contribution in [2.75, 3.05) is 19.6 Å². The van der Waals surface area contributed by atoms with E-state index in [2.05, 4.69) is 0 Å². The van der Waals surface area contributed by atoms with Gasteiger partial charge in [-0.1, -0.05) is 18.2 Å². The molecule has 28 heavy (non-hydrogen) atoms. The van der Waals surface area contributed by atoms with Gasteiger partial charge in [-0.3, -0.25) is 19.7 Å². The van der Waals surface area contributed by atoms with E-state index in [4.69, 9.17) is 0 Å². The number of likely N-dealkylation sites (tertiary alicyclic amines) is 1. The smallest absolute Gasteiger partial charge is 0.342 e. The number of amides is 2. The Kier molecular flexibility index (Phi) is 5.57. The summed E-state index contributed by atoms with van der Waals surface area (Å²) in [6.45, 7) is -1.43. The number of halogens is 3. The number of hydrogen-bond acceptors (Lipinski definition) is 4. The predicted octanol–water partition coefficient (Wildman–Crippen LogP) is 2.74. The van der Waals surface area contributed by atoms with Crippen molar-refractivity contribution < 1.29 is 27.7 Å². The zero-order chi connectivity index (χ0) is 20.5. The first-order chi connectivity index (χ1) is 13.1. The topological polar surface area (TPSA) is 83.8 Å². The number of carbonyl (C=O) groups excluding carboxylic acids is 2. The van der Waals surface area contributed by atoms with Gasteiger partial charge in [0.2, 0.25) is 11.8 Å². The number of rotatable bonds is 7. The van der Waals surface area contributed by atoms with Crippen LogP contribution in [-0.2, 0) is 16.1 Å². The van der Waals surface area contributed by atoms with Gasteiger partial charge in [-0.05, 0) is 18.8 Å². The Bertz CT molecular complexity index is 780. The van der Waals surface area contributed by atoms with E-state index in [-0.39, 0.29) is 30.1 Å². The molecule has 10 heteroatoms. The molecule has 0 bridgehead atoms. The molecule has 0 spiro atoms. The van der Waals surface area contributed by atoms with Gasteiger partial charge in [0.15, 0.2) is 0 Å². The largest absolute Gasteiger partial charge is 0.406 e. The van der Waals surface area contributed by atoms with Gasteiger partial charge in [-0.15, -0.1) is 0 Å². The summed E-state index contributed by atoms with van der Waals surface area (Å²) in [5.41, 5.74) is -0.329. The van der Waals surface area contributed by atoms with Crippen molar-refractivity contribution in [3.05, 3.63) is 39.9 Å². The van der Waals surface area contributed by atoms with E-state index in [1.54, 1.807) is 0 Å². The normalized spacial score (nSPS) is 19.8. The van der Waals surface area contributed by atoms with Crippen LogP contribution in [0.5, 0.6) is 0 Å². The van der Waals surface area contributed by atoms with Gasteiger partial charge in [0.1, 0.15) is 6.54 Å². The predicted molar refractivity (Wildman–Crippen MR) is 92.0 cm³/mol. The third-order valence-corrected chi connectivity index (χ3v) is 4.97. The molecular formula is C18H20F3N3O4. The quantitative estimate of drug-likeness (QED) is 0.521. The SMILES string of the molecule is O=C1C[C@@H](C(=O)N(Cc2ccccc2[N+](=O)[O-])CC(F)(F)F)CN1CC1CC1. The monoisotopic (exact) mass is 399 g/mol. The van der Waals surface area contributed by atoms with Crippen LogP contribution in [0.15, 0.2) is 24.3 Å². The summed E-state index contributed by atoms with van der Waals surface area (Å²) >= 11 is 0. The van der Waals surface area contributed by atoms with Gasteiger partial charge in [-0.2, -0.15) is 13.2 Å². The highest BCUT2D eigenvalue weighted by atomic mass is 19.4. The van der Waals surface area contributed by atoms with Gasteiger partial charge in [0.25, 0.3) is 5.69 Å². The average Bonchev–Trinajstić information content (AvgIpc) is 3.35. The number of alkyl halides is 3. The Morgan fingerprint density at radius 1 is 1.29 bits per heavy atom. The Labute approximate surface area is 159 Å². The fourth-order valence-electron chi connectivity index (χ4n) is 3.44. The first-order valence-corrected chi connectivity index (χ1v) is 8.99. The minimum absolute atomic E-state index is 0.0178. The van der Waals surface area contributed by atoms with Gasteiger partial charge < -0.3 is 9.80 Å². The summed E-state index contributed by atoms with van der Waals surface area (Å²) in [6, 6.07) is 5.38. The number of nitrogens with zero attached hydrogens (tertiary/aromatic N) is 3. The van der Waals surface area contributed by atoms with Crippen molar-refractivity contribution in [1.82, 2.24) is 9.80 Å². The summed E-state index contributed by atoms with van der Waals surface area (Å²) in [4.78, 5) is 37.4. The molecule has 0 aromatic heterocycles. The molecule has 0 N–H and O–H groups in total. The molecule has 1 heterocycles. The van der Waals surface area contributed by atoms with E-state index in [0.717, 1.165) is 12.8 Å². The maximum absolute atomic E-state index is 13.0. The molecule has 0 unspecified atom stereocenters. The molecule has 2 amide bonds. The maximum Gasteiger partial charge on any atom is 0.406 e. The average molecular weight is 399 g/mol. The van der Waals surface area contributed by atoms with Crippen LogP contribution in [0, 0.1) is 22.0 Å². The Balaban J connectivity index is 1.77. The second kappa shape index (κ2) is 7.76. The van der Waals surface area contributed by atoms with E-state index in [9.17, 15) is 32.9 Å². The molecule has 7 nitrogen and oxygen atoms in total. The number of nitro groups is 1. The Morgan fingerprint density at radius 3 is 2.57 bits per heavy atom. The summed E-state index contributed by atoms with van der Waals surface area (Å²) in [7, 11) is 0. The lowest BCUT2D eigenvalue weighted by Gasteiger charge is -2.26. The number of para-hydroxylation sites is 1. The van der Waals surface area contributed by atoms with Crippen molar-refractivity contribution in [1.29, 1.82) is 0 Å². The van der Waals surface area contributed by atoms with Crippen LogP contribution >= 0.6 is 0 Å². The van der Waals surface area contributed by atoms with Crippen LogP contribution in [-0.4, -0.2) is 52.3 Å². The van der Waals surface area contributed by atoms with Crippen LogP contribution in [0.2, 0.25) is 0 Å². The third kappa shape index (κ3) is 4.99. The van der Waals surface area contributed by atoms with Gasteiger partial charge >= 0.3 is 6.18 Å². The zero-order valence-electron chi connectivity index (χ0n) is 15.0. The standard InChI is InChI=1S/C18H20F3N3O4/c19-18(20,21)11-23(9-13-3-1-2-4-15(13)24(27)28)17(26)14-7-16(25)22(10-14)8-12-5-6-12/h1-4,12,14H,5-11H2/t14-/m1/s1. The lowest BCUT2D eigenvalue weighted by atomic mass is 10.1. The van der Waals surface area contributed by atoms with Crippen LogP contribution in [0.3, 0.4) is 0 Å². The summed E-state index contributed by atoms with van der Waals surface area (Å²) in [6.07, 6.45) is -2.76. The fraction of sp³-hybridized carbons (Fsp3) is 0.556. The molecule has 1 saturated carbocycles.